The Hall–Kier alpha value is -1.62. The highest BCUT2D eigenvalue weighted by atomic mass is 16.5. The summed E-state index contributed by atoms with van der Waals surface area (Å²) in [5.41, 5.74) is 1.02. The summed E-state index contributed by atoms with van der Waals surface area (Å²) in [5, 5.41) is 4.15. The minimum absolute atomic E-state index is 0.399. The minimum Gasteiger partial charge on any atom is -0.359 e. The van der Waals surface area contributed by atoms with Crippen LogP contribution < -0.4 is 0 Å². The second-order valence-electron chi connectivity index (χ2n) is 6.52. The zero-order valence-corrected chi connectivity index (χ0v) is 13.8. The Morgan fingerprint density at radius 3 is 3.00 bits per heavy atom. The highest BCUT2D eigenvalue weighted by molar-refractivity contribution is 5.11. The Bertz CT molecular complexity index is 601. The van der Waals surface area contributed by atoms with Crippen molar-refractivity contribution < 1.29 is 4.52 Å². The average Bonchev–Trinajstić information content (AvgIpc) is 3.17. The first-order valence-corrected chi connectivity index (χ1v) is 8.36. The van der Waals surface area contributed by atoms with Crippen LogP contribution >= 0.6 is 0 Å². The minimum atomic E-state index is 0.399. The molecule has 120 valence electrons. The van der Waals surface area contributed by atoms with Gasteiger partial charge in [0.05, 0.1) is 12.2 Å². The third-order valence-electron chi connectivity index (χ3n) is 4.56. The van der Waals surface area contributed by atoms with Gasteiger partial charge >= 0.3 is 0 Å². The van der Waals surface area contributed by atoms with E-state index in [1.54, 1.807) is 0 Å². The zero-order chi connectivity index (χ0) is 15.5. The molecular weight excluding hydrogens is 276 g/mol. The molecule has 1 aliphatic rings. The summed E-state index contributed by atoms with van der Waals surface area (Å²) in [5.74, 6) is 3.01. The van der Waals surface area contributed by atoms with Gasteiger partial charge in [-0.15, -0.1) is 0 Å². The Balaban J connectivity index is 1.74. The first-order chi connectivity index (χ1) is 10.7. The Morgan fingerprint density at radius 2 is 2.27 bits per heavy atom. The van der Waals surface area contributed by atoms with Gasteiger partial charge in [0.25, 0.3) is 0 Å². The molecule has 5 nitrogen and oxygen atoms in total. The Kier molecular flexibility index (Phi) is 4.62. The van der Waals surface area contributed by atoms with E-state index < -0.39 is 0 Å². The Morgan fingerprint density at radius 1 is 1.41 bits per heavy atom. The van der Waals surface area contributed by atoms with Crippen LogP contribution in [0.4, 0.5) is 0 Å². The van der Waals surface area contributed by atoms with Crippen LogP contribution in [0.1, 0.15) is 62.7 Å². The van der Waals surface area contributed by atoms with E-state index in [0.717, 1.165) is 31.1 Å². The molecule has 0 saturated carbocycles. The SMILES string of the molecule is CCN1CCCC(c2nccn2Cc2cc(C(C)C)no2)C1. The van der Waals surface area contributed by atoms with E-state index in [1.165, 1.54) is 25.2 Å². The maximum atomic E-state index is 5.47. The largest absolute Gasteiger partial charge is 0.359 e. The summed E-state index contributed by atoms with van der Waals surface area (Å²) >= 11 is 0. The number of imidazole rings is 1. The van der Waals surface area contributed by atoms with Gasteiger partial charge in [0, 0.05) is 30.9 Å². The summed E-state index contributed by atoms with van der Waals surface area (Å²) in [6, 6.07) is 2.06. The molecule has 1 unspecified atom stereocenters. The van der Waals surface area contributed by atoms with E-state index in [0.29, 0.717) is 11.8 Å². The third kappa shape index (κ3) is 3.24. The van der Waals surface area contributed by atoms with Crippen molar-refractivity contribution in [2.24, 2.45) is 0 Å². The first kappa shape index (κ1) is 15.3. The standard InChI is InChI=1S/C17H26N4O/c1-4-20-8-5-6-14(11-20)17-18-7-9-21(17)12-15-10-16(13(2)3)19-22-15/h7,9-10,13-14H,4-6,8,11-12H2,1-3H3. The van der Waals surface area contributed by atoms with E-state index in [9.17, 15) is 0 Å². The average molecular weight is 302 g/mol. The van der Waals surface area contributed by atoms with Crippen molar-refractivity contribution in [1.29, 1.82) is 0 Å². The van der Waals surface area contributed by atoms with Crippen molar-refractivity contribution in [3.63, 3.8) is 0 Å². The van der Waals surface area contributed by atoms with E-state index in [1.807, 2.05) is 6.20 Å². The summed E-state index contributed by atoms with van der Waals surface area (Å²) in [6.45, 7) is 10.7. The van der Waals surface area contributed by atoms with Crippen LogP contribution in [-0.4, -0.2) is 39.2 Å². The normalized spacial score (nSPS) is 19.9. The van der Waals surface area contributed by atoms with E-state index in [-0.39, 0.29) is 0 Å². The lowest BCUT2D eigenvalue weighted by Gasteiger charge is -2.31. The molecule has 0 amide bonds. The number of rotatable bonds is 5. The fourth-order valence-corrected chi connectivity index (χ4v) is 3.21. The third-order valence-corrected chi connectivity index (χ3v) is 4.56. The van der Waals surface area contributed by atoms with Gasteiger partial charge in [-0.3, -0.25) is 0 Å². The molecule has 1 atom stereocenters. The van der Waals surface area contributed by atoms with Crippen molar-refractivity contribution >= 4 is 0 Å². The molecule has 22 heavy (non-hydrogen) atoms. The number of nitrogens with zero attached hydrogens (tertiary/aromatic N) is 4. The predicted molar refractivity (Wildman–Crippen MR) is 86.0 cm³/mol. The number of hydrogen-bond acceptors (Lipinski definition) is 4. The highest BCUT2D eigenvalue weighted by Crippen LogP contribution is 2.26. The van der Waals surface area contributed by atoms with Gasteiger partial charge in [0.2, 0.25) is 0 Å². The van der Waals surface area contributed by atoms with Crippen molar-refractivity contribution in [2.45, 2.75) is 52.0 Å². The molecule has 5 heteroatoms. The van der Waals surface area contributed by atoms with Gasteiger partial charge in [-0.2, -0.15) is 0 Å². The number of likely N-dealkylation sites (tertiary alicyclic amines) is 1. The molecule has 0 aliphatic carbocycles. The molecule has 0 radical (unpaired) electrons. The van der Waals surface area contributed by atoms with Gasteiger partial charge in [0.1, 0.15) is 5.82 Å². The number of hydrogen-bond donors (Lipinski definition) is 0. The maximum Gasteiger partial charge on any atom is 0.156 e. The van der Waals surface area contributed by atoms with Gasteiger partial charge in [0.15, 0.2) is 5.76 Å². The molecule has 3 heterocycles. The van der Waals surface area contributed by atoms with Crippen molar-refractivity contribution in [3.8, 4) is 0 Å². The molecule has 3 rings (SSSR count). The summed E-state index contributed by atoms with van der Waals surface area (Å²) < 4.78 is 7.69. The number of likely N-dealkylation sites (N-methyl/N-ethyl adjacent to an activating group) is 1. The first-order valence-electron chi connectivity index (χ1n) is 8.36. The van der Waals surface area contributed by atoms with Crippen molar-refractivity contribution in [1.82, 2.24) is 19.6 Å². The smallest absolute Gasteiger partial charge is 0.156 e. The summed E-state index contributed by atoms with van der Waals surface area (Å²) in [7, 11) is 0. The fraction of sp³-hybridized carbons (Fsp3) is 0.647. The molecule has 1 fully saturated rings. The summed E-state index contributed by atoms with van der Waals surface area (Å²) in [4.78, 5) is 7.13. The van der Waals surface area contributed by atoms with Crippen LogP contribution in [-0.2, 0) is 6.54 Å². The summed E-state index contributed by atoms with van der Waals surface area (Å²) in [6.07, 6.45) is 6.43. The van der Waals surface area contributed by atoms with E-state index in [4.69, 9.17) is 4.52 Å². The molecule has 0 spiro atoms. The zero-order valence-electron chi connectivity index (χ0n) is 13.8. The van der Waals surface area contributed by atoms with Crippen LogP contribution in [0, 0.1) is 0 Å². The van der Waals surface area contributed by atoms with Crippen molar-refractivity contribution in [2.75, 3.05) is 19.6 Å². The lowest BCUT2D eigenvalue weighted by molar-refractivity contribution is 0.211. The molecule has 1 aliphatic heterocycles. The van der Waals surface area contributed by atoms with Crippen LogP contribution in [0.15, 0.2) is 23.0 Å². The number of piperidine rings is 1. The molecule has 1 saturated heterocycles. The van der Waals surface area contributed by atoms with Gasteiger partial charge in [-0.05, 0) is 31.8 Å². The molecule has 0 N–H and O–H groups in total. The predicted octanol–water partition coefficient (Wildman–Crippen LogP) is 3.24. The second kappa shape index (κ2) is 6.65. The molecular formula is C17H26N4O. The van der Waals surface area contributed by atoms with E-state index >= 15 is 0 Å². The Labute approximate surface area is 132 Å². The highest BCUT2D eigenvalue weighted by Gasteiger charge is 2.24. The van der Waals surface area contributed by atoms with Crippen LogP contribution in [0.5, 0.6) is 0 Å². The monoisotopic (exact) mass is 302 g/mol. The van der Waals surface area contributed by atoms with Gasteiger partial charge < -0.3 is 14.0 Å². The van der Waals surface area contributed by atoms with Crippen LogP contribution in [0.2, 0.25) is 0 Å². The van der Waals surface area contributed by atoms with Gasteiger partial charge in [-0.25, -0.2) is 4.98 Å². The lowest BCUT2D eigenvalue weighted by atomic mass is 9.97. The van der Waals surface area contributed by atoms with Crippen LogP contribution in [0.3, 0.4) is 0 Å². The van der Waals surface area contributed by atoms with Crippen molar-refractivity contribution in [3.05, 3.63) is 35.7 Å². The topological polar surface area (TPSA) is 47.1 Å². The molecule has 2 aromatic heterocycles. The molecule has 2 aromatic rings. The quantitative estimate of drug-likeness (QED) is 0.850. The molecule has 0 bridgehead atoms. The fourth-order valence-electron chi connectivity index (χ4n) is 3.21. The number of aromatic nitrogens is 3. The maximum absolute atomic E-state index is 5.47. The van der Waals surface area contributed by atoms with Crippen LogP contribution in [0.25, 0.3) is 0 Å². The molecule has 0 aromatic carbocycles. The van der Waals surface area contributed by atoms with Gasteiger partial charge in [-0.1, -0.05) is 25.9 Å². The lowest BCUT2D eigenvalue weighted by Crippen LogP contribution is -2.35. The van der Waals surface area contributed by atoms with E-state index in [2.05, 4.69) is 52.6 Å². The second-order valence-corrected chi connectivity index (χ2v) is 6.52.